The molecule has 0 bridgehead atoms. The fraction of sp³-hybridized carbons (Fsp3) is 0.500. The van der Waals surface area contributed by atoms with Crippen molar-refractivity contribution < 1.29 is 0 Å². The predicted molar refractivity (Wildman–Crippen MR) is 71.7 cm³/mol. The van der Waals surface area contributed by atoms with Crippen molar-refractivity contribution in [3.05, 3.63) is 28.7 Å². The van der Waals surface area contributed by atoms with Gasteiger partial charge >= 0.3 is 0 Å². The first-order chi connectivity index (χ1) is 7.74. The largest absolute Gasteiger partial charge is 0.377 e. The van der Waals surface area contributed by atoms with Crippen LogP contribution in [0.15, 0.2) is 28.7 Å². The maximum absolute atomic E-state index is 5.90. The van der Waals surface area contributed by atoms with Crippen LogP contribution in [0.5, 0.6) is 0 Å². The van der Waals surface area contributed by atoms with E-state index in [1.807, 2.05) is 12.1 Å². The zero-order valence-electron chi connectivity index (χ0n) is 9.30. The first kappa shape index (κ1) is 11.9. The molecule has 1 saturated heterocycles. The van der Waals surface area contributed by atoms with Gasteiger partial charge in [0.15, 0.2) is 0 Å². The highest BCUT2D eigenvalue weighted by Gasteiger charge is 2.30. The zero-order chi connectivity index (χ0) is 11.4. The minimum Gasteiger partial charge on any atom is -0.377 e. The van der Waals surface area contributed by atoms with E-state index in [2.05, 4.69) is 38.7 Å². The van der Waals surface area contributed by atoms with Crippen LogP contribution in [0.3, 0.4) is 0 Å². The number of hydrogen-bond donors (Lipinski definition) is 3. The minimum absolute atomic E-state index is 0.0199. The fourth-order valence-electron chi connectivity index (χ4n) is 2.14. The van der Waals surface area contributed by atoms with E-state index in [9.17, 15) is 0 Å². The summed E-state index contributed by atoms with van der Waals surface area (Å²) < 4.78 is 1.10. The molecule has 1 heterocycles. The molecule has 1 atom stereocenters. The smallest absolute Gasteiger partial charge is 0.0620 e. The highest BCUT2D eigenvalue weighted by molar-refractivity contribution is 9.10. The molecule has 0 aliphatic carbocycles. The number of piperidine rings is 1. The highest BCUT2D eigenvalue weighted by Crippen LogP contribution is 2.22. The Bertz CT molecular complexity index is 331. The lowest BCUT2D eigenvalue weighted by molar-refractivity contribution is 0.350. The van der Waals surface area contributed by atoms with Crippen LogP contribution in [0.2, 0.25) is 0 Å². The van der Waals surface area contributed by atoms with Gasteiger partial charge in [-0.1, -0.05) is 15.9 Å². The van der Waals surface area contributed by atoms with Gasteiger partial charge in [-0.05, 0) is 43.7 Å². The molecule has 4 N–H and O–H groups in total. The molecule has 88 valence electrons. The summed E-state index contributed by atoms with van der Waals surface area (Å²) in [5.74, 6) is 0. The van der Waals surface area contributed by atoms with Gasteiger partial charge in [0.05, 0.1) is 5.54 Å². The van der Waals surface area contributed by atoms with Gasteiger partial charge in [-0.3, -0.25) is 0 Å². The number of benzene rings is 1. The zero-order valence-corrected chi connectivity index (χ0v) is 10.9. The summed E-state index contributed by atoms with van der Waals surface area (Å²) in [5.41, 5.74) is 7.06. The Labute approximate surface area is 105 Å². The lowest BCUT2D eigenvalue weighted by atomic mass is 9.90. The molecule has 0 amide bonds. The second-order valence-electron chi connectivity index (χ2n) is 4.40. The van der Waals surface area contributed by atoms with Gasteiger partial charge in [0.1, 0.15) is 0 Å². The molecular weight excluding hydrogens is 266 g/mol. The summed E-state index contributed by atoms with van der Waals surface area (Å²) in [6.07, 6.45) is 2.31. The molecule has 4 heteroatoms. The molecule has 1 unspecified atom stereocenters. The summed E-state index contributed by atoms with van der Waals surface area (Å²) in [4.78, 5) is 0. The quantitative estimate of drug-likeness (QED) is 0.795. The van der Waals surface area contributed by atoms with Gasteiger partial charge in [-0.25, -0.2) is 0 Å². The molecule has 3 nitrogen and oxygen atoms in total. The molecule has 0 aromatic heterocycles. The number of anilines is 1. The normalized spacial score (nSPS) is 25.4. The Morgan fingerprint density at radius 3 is 2.69 bits per heavy atom. The van der Waals surface area contributed by atoms with Gasteiger partial charge < -0.3 is 16.4 Å². The van der Waals surface area contributed by atoms with Crippen molar-refractivity contribution in [2.45, 2.75) is 18.4 Å². The molecule has 0 radical (unpaired) electrons. The van der Waals surface area contributed by atoms with Gasteiger partial charge in [-0.15, -0.1) is 0 Å². The average Bonchev–Trinajstić information content (AvgIpc) is 2.33. The Kier molecular flexibility index (Phi) is 3.84. The summed E-state index contributed by atoms with van der Waals surface area (Å²) >= 11 is 3.44. The Morgan fingerprint density at radius 1 is 1.38 bits per heavy atom. The van der Waals surface area contributed by atoms with Crippen molar-refractivity contribution in [2.24, 2.45) is 5.73 Å². The second kappa shape index (κ2) is 5.17. The van der Waals surface area contributed by atoms with E-state index < -0.39 is 0 Å². The number of hydrogen-bond acceptors (Lipinski definition) is 3. The summed E-state index contributed by atoms with van der Waals surface area (Å²) in [6.45, 7) is 2.71. The molecule has 2 rings (SSSR count). The average molecular weight is 284 g/mol. The van der Waals surface area contributed by atoms with Gasteiger partial charge in [0.25, 0.3) is 0 Å². The van der Waals surface area contributed by atoms with Crippen molar-refractivity contribution in [3.63, 3.8) is 0 Å². The number of rotatable bonds is 3. The maximum Gasteiger partial charge on any atom is 0.0620 e. The van der Waals surface area contributed by atoms with Gasteiger partial charge in [0.2, 0.25) is 0 Å². The predicted octanol–water partition coefficient (Wildman–Crippen LogP) is 1.94. The van der Waals surface area contributed by atoms with E-state index in [1.165, 1.54) is 6.42 Å². The molecule has 1 aromatic carbocycles. The lowest BCUT2D eigenvalue weighted by Crippen LogP contribution is -2.56. The number of halogens is 1. The van der Waals surface area contributed by atoms with Crippen molar-refractivity contribution >= 4 is 21.6 Å². The topological polar surface area (TPSA) is 50.1 Å². The monoisotopic (exact) mass is 283 g/mol. The Morgan fingerprint density at radius 2 is 2.12 bits per heavy atom. The van der Waals surface area contributed by atoms with Gasteiger partial charge in [0, 0.05) is 23.2 Å². The maximum atomic E-state index is 5.90. The third-order valence-electron chi connectivity index (χ3n) is 3.12. The number of nitrogens with one attached hydrogen (secondary N) is 2. The summed E-state index contributed by atoms with van der Waals surface area (Å²) in [5, 5.41) is 6.97. The van der Waals surface area contributed by atoms with E-state index in [0.29, 0.717) is 6.54 Å². The highest BCUT2D eigenvalue weighted by atomic mass is 79.9. The van der Waals surface area contributed by atoms with E-state index in [4.69, 9.17) is 5.73 Å². The third kappa shape index (κ3) is 2.75. The third-order valence-corrected chi connectivity index (χ3v) is 3.65. The molecule has 1 fully saturated rings. The molecular formula is C12H18BrN3. The van der Waals surface area contributed by atoms with Gasteiger partial charge in [-0.2, -0.15) is 0 Å². The van der Waals surface area contributed by atoms with Crippen LogP contribution in [0.25, 0.3) is 0 Å². The fourth-order valence-corrected chi connectivity index (χ4v) is 2.40. The van der Waals surface area contributed by atoms with Crippen molar-refractivity contribution in [3.8, 4) is 0 Å². The van der Waals surface area contributed by atoms with E-state index >= 15 is 0 Å². The molecule has 1 aliphatic heterocycles. The van der Waals surface area contributed by atoms with Crippen LogP contribution in [0.4, 0.5) is 5.69 Å². The molecule has 16 heavy (non-hydrogen) atoms. The lowest BCUT2D eigenvalue weighted by Gasteiger charge is -2.38. The first-order valence-electron chi connectivity index (χ1n) is 5.69. The Hall–Kier alpha value is -0.580. The molecule has 1 aliphatic rings. The summed E-state index contributed by atoms with van der Waals surface area (Å²) in [7, 11) is 0. The van der Waals surface area contributed by atoms with Crippen molar-refractivity contribution in [1.82, 2.24) is 5.32 Å². The van der Waals surface area contributed by atoms with Crippen LogP contribution < -0.4 is 16.4 Å². The van der Waals surface area contributed by atoms with Crippen LogP contribution in [0, 0.1) is 0 Å². The second-order valence-corrected chi connectivity index (χ2v) is 5.31. The summed E-state index contributed by atoms with van der Waals surface area (Å²) in [6, 6.07) is 8.25. The standard InChI is InChI=1S/C12H18BrN3/c13-10-2-4-11(5-3-10)16-12(8-14)6-1-7-15-9-12/h2-5,15-16H,1,6-9,14H2. The van der Waals surface area contributed by atoms with Crippen LogP contribution in [-0.2, 0) is 0 Å². The molecule has 0 spiro atoms. The van der Waals surface area contributed by atoms with E-state index in [0.717, 1.165) is 29.7 Å². The van der Waals surface area contributed by atoms with Crippen LogP contribution >= 0.6 is 15.9 Å². The minimum atomic E-state index is 0.0199. The van der Waals surface area contributed by atoms with Crippen molar-refractivity contribution in [1.29, 1.82) is 0 Å². The van der Waals surface area contributed by atoms with Crippen LogP contribution in [-0.4, -0.2) is 25.2 Å². The Balaban J connectivity index is 2.08. The molecule has 0 saturated carbocycles. The SMILES string of the molecule is NCC1(Nc2ccc(Br)cc2)CCCNC1. The first-order valence-corrected chi connectivity index (χ1v) is 6.48. The van der Waals surface area contributed by atoms with E-state index in [1.54, 1.807) is 0 Å². The van der Waals surface area contributed by atoms with Crippen LogP contribution in [0.1, 0.15) is 12.8 Å². The van der Waals surface area contributed by atoms with E-state index in [-0.39, 0.29) is 5.54 Å². The van der Waals surface area contributed by atoms with Crippen molar-refractivity contribution in [2.75, 3.05) is 25.0 Å². The molecule has 1 aromatic rings. The number of nitrogens with two attached hydrogens (primary N) is 1.